The molecule has 1 aliphatic rings. The molecule has 0 bridgehead atoms. The number of hydrogen-bond donors (Lipinski definition) is 3. The van der Waals surface area contributed by atoms with Crippen LogP contribution in [0, 0.1) is 0 Å². The van der Waals surface area contributed by atoms with E-state index in [0.717, 1.165) is 13.2 Å². The largest absolute Gasteiger partial charge is 0.372 e. The van der Waals surface area contributed by atoms with Crippen LogP contribution in [0.5, 0.6) is 0 Å². The lowest BCUT2D eigenvalue weighted by atomic mass is 10.3. The van der Waals surface area contributed by atoms with Crippen molar-refractivity contribution in [3.8, 4) is 0 Å². The molecule has 0 radical (unpaired) electrons. The lowest BCUT2D eigenvalue weighted by Gasteiger charge is -2.17. The maximum Gasteiger partial charge on any atom is 0.0969 e. The molecule has 0 spiro atoms. The Kier molecular flexibility index (Phi) is 3.72. The van der Waals surface area contributed by atoms with Gasteiger partial charge in [0.05, 0.1) is 6.17 Å². The molecule has 0 saturated heterocycles. The van der Waals surface area contributed by atoms with E-state index < -0.39 is 0 Å². The summed E-state index contributed by atoms with van der Waals surface area (Å²) >= 11 is 0. The maximum atomic E-state index is 3.26. The van der Waals surface area contributed by atoms with Crippen molar-refractivity contribution >= 4 is 0 Å². The molecule has 1 heterocycles. The summed E-state index contributed by atoms with van der Waals surface area (Å²) in [5, 5.41) is 9.61. The van der Waals surface area contributed by atoms with Crippen LogP contribution >= 0.6 is 0 Å². The summed E-state index contributed by atoms with van der Waals surface area (Å²) in [6.45, 7) is 3.93. The first-order valence-corrected chi connectivity index (χ1v) is 3.97. The Hall–Kier alpha value is -0.800. The van der Waals surface area contributed by atoms with E-state index >= 15 is 0 Å². The summed E-state index contributed by atoms with van der Waals surface area (Å²) < 4.78 is 0. The monoisotopic (exact) mass is 153 g/mol. The van der Waals surface area contributed by atoms with Gasteiger partial charge >= 0.3 is 0 Å². The van der Waals surface area contributed by atoms with Crippen molar-refractivity contribution in [2.24, 2.45) is 0 Å². The Bertz CT molecular complexity index is 151. The molecular formula is C8H15N3. The van der Waals surface area contributed by atoms with Crippen molar-refractivity contribution in [2.45, 2.75) is 13.1 Å². The van der Waals surface area contributed by atoms with Crippen LogP contribution in [-0.4, -0.2) is 19.4 Å². The van der Waals surface area contributed by atoms with Crippen LogP contribution < -0.4 is 16.0 Å². The summed E-state index contributed by atoms with van der Waals surface area (Å²) in [6.07, 6.45) is 8.30. The third kappa shape index (κ3) is 3.20. The number of dihydropyridines is 1. The van der Waals surface area contributed by atoms with Crippen LogP contribution in [0.2, 0.25) is 0 Å². The van der Waals surface area contributed by atoms with Crippen molar-refractivity contribution in [1.29, 1.82) is 0 Å². The highest BCUT2D eigenvalue weighted by atomic mass is 15.2. The van der Waals surface area contributed by atoms with Gasteiger partial charge in [-0.2, -0.15) is 0 Å². The van der Waals surface area contributed by atoms with Crippen molar-refractivity contribution < 1.29 is 0 Å². The molecule has 0 fully saturated rings. The van der Waals surface area contributed by atoms with Crippen molar-refractivity contribution in [3.63, 3.8) is 0 Å². The third-order valence-electron chi connectivity index (χ3n) is 1.48. The quantitative estimate of drug-likeness (QED) is 0.397. The van der Waals surface area contributed by atoms with Gasteiger partial charge in [0.2, 0.25) is 0 Å². The van der Waals surface area contributed by atoms with E-state index in [1.807, 2.05) is 18.4 Å². The first-order chi connectivity index (χ1) is 5.43. The highest BCUT2D eigenvalue weighted by Crippen LogP contribution is 1.88. The minimum Gasteiger partial charge on any atom is -0.372 e. The van der Waals surface area contributed by atoms with Gasteiger partial charge in [-0.3, -0.25) is 5.32 Å². The minimum atomic E-state index is 0.277. The molecule has 0 aromatic rings. The fraction of sp³-hybridized carbons (Fsp3) is 0.500. The molecule has 3 N–H and O–H groups in total. The minimum absolute atomic E-state index is 0.277. The summed E-state index contributed by atoms with van der Waals surface area (Å²) in [7, 11) is 0. The van der Waals surface area contributed by atoms with E-state index in [9.17, 15) is 0 Å². The maximum absolute atomic E-state index is 3.26. The van der Waals surface area contributed by atoms with Crippen LogP contribution in [0.25, 0.3) is 0 Å². The van der Waals surface area contributed by atoms with E-state index in [2.05, 4.69) is 29.0 Å². The summed E-state index contributed by atoms with van der Waals surface area (Å²) in [6, 6.07) is 0. The second kappa shape index (κ2) is 4.93. The van der Waals surface area contributed by atoms with Gasteiger partial charge in [-0.25, -0.2) is 0 Å². The van der Waals surface area contributed by atoms with E-state index in [-0.39, 0.29) is 6.17 Å². The molecule has 1 aliphatic heterocycles. The smallest absolute Gasteiger partial charge is 0.0969 e. The molecule has 1 atom stereocenters. The van der Waals surface area contributed by atoms with Crippen LogP contribution in [-0.2, 0) is 0 Å². The molecule has 1 unspecified atom stereocenters. The molecule has 0 aliphatic carbocycles. The molecule has 0 saturated carbocycles. The average Bonchev–Trinajstić information content (AvgIpc) is 2.07. The topological polar surface area (TPSA) is 36.1 Å². The molecule has 0 aromatic heterocycles. The lowest BCUT2D eigenvalue weighted by Crippen LogP contribution is -2.43. The Morgan fingerprint density at radius 1 is 1.45 bits per heavy atom. The Morgan fingerprint density at radius 2 is 2.36 bits per heavy atom. The van der Waals surface area contributed by atoms with Crippen molar-refractivity contribution in [3.05, 3.63) is 24.4 Å². The molecular weight excluding hydrogens is 138 g/mol. The number of nitrogens with one attached hydrogen (secondary N) is 3. The molecule has 1 rings (SSSR count). The standard InChI is InChI=1S/C8H15N3/c1-2-9-7-11-8-5-3-4-6-10-8/h3-6,8-11H,2,7H2,1H3. The molecule has 11 heavy (non-hydrogen) atoms. The fourth-order valence-corrected chi connectivity index (χ4v) is 0.880. The van der Waals surface area contributed by atoms with Gasteiger partial charge in [0.15, 0.2) is 0 Å². The average molecular weight is 153 g/mol. The second-order valence-corrected chi connectivity index (χ2v) is 2.37. The predicted octanol–water partition coefficient (Wildman–Crippen LogP) is 0.142. The van der Waals surface area contributed by atoms with E-state index in [0.29, 0.717) is 0 Å². The Morgan fingerprint density at radius 3 is 3.00 bits per heavy atom. The Labute approximate surface area is 67.6 Å². The van der Waals surface area contributed by atoms with Gasteiger partial charge in [0.25, 0.3) is 0 Å². The summed E-state index contributed by atoms with van der Waals surface area (Å²) in [4.78, 5) is 0. The van der Waals surface area contributed by atoms with Crippen molar-refractivity contribution in [1.82, 2.24) is 16.0 Å². The predicted molar refractivity (Wildman–Crippen MR) is 46.9 cm³/mol. The van der Waals surface area contributed by atoms with Gasteiger partial charge < -0.3 is 10.6 Å². The SMILES string of the molecule is CCNCNC1C=CC=CN1. The fourth-order valence-electron chi connectivity index (χ4n) is 0.880. The zero-order chi connectivity index (χ0) is 7.94. The van der Waals surface area contributed by atoms with E-state index in [1.54, 1.807) is 0 Å². The van der Waals surface area contributed by atoms with Gasteiger partial charge in [-0.15, -0.1) is 0 Å². The Balaban J connectivity index is 2.07. The van der Waals surface area contributed by atoms with Crippen molar-refractivity contribution in [2.75, 3.05) is 13.2 Å². The van der Waals surface area contributed by atoms with Gasteiger partial charge in [-0.1, -0.05) is 13.0 Å². The van der Waals surface area contributed by atoms with Crippen LogP contribution in [0.4, 0.5) is 0 Å². The third-order valence-corrected chi connectivity index (χ3v) is 1.48. The van der Waals surface area contributed by atoms with Gasteiger partial charge in [-0.05, 0) is 24.9 Å². The number of rotatable bonds is 4. The normalized spacial score (nSPS) is 21.7. The van der Waals surface area contributed by atoms with Crippen LogP contribution in [0.15, 0.2) is 24.4 Å². The number of allylic oxidation sites excluding steroid dienone is 2. The van der Waals surface area contributed by atoms with Gasteiger partial charge in [0, 0.05) is 6.67 Å². The molecule has 0 amide bonds. The van der Waals surface area contributed by atoms with Crippen LogP contribution in [0.1, 0.15) is 6.92 Å². The molecule has 3 nitrogen and oxygen atoms in total. The zero-order valence-electron chi connectivity index (χ0n) is 6.80. The van der Waals surface area contributed by atoms with E-state index in [4.69, 9.17) is 0 Å². The number of hydrogen-bond acceptors (Lipinski definition) is 3. The zero-order valence-corrected chi connectivity index (χ0v) is 6.80. The first kappa shape index (κ1) is 8.30. The van der Waals surface area contributed by atoms with Gasteiger partial charge in [0.1, 0.15) is 0 Å². The van der Waals surface area contributed by atoms with Crippen LogP contribution in [0.3, 0.4) is 0 Å². The summed E-state index contributed by atoms with van der Waals surface area (Å²) in [5.41, 5.74) is 0. The first-order valence-electron chi connectivity index (χ1n) is 3.97. The molecule has 62 valence electrons. The second-order valence-electron chi connectivity index (χ2n) is 2.37. The molecule has 0 aromatic carbocycles. The molecule has 3 heteroatoms. The van der Waals surface area contributed by atoms with E-state index in [1.165, 1.54) is 0 Å². The highest BCUT2D eigenvalue weighted by molar-refractivity contribution is 5.11. The lowest BCUT2D eigenvalue weighted by molar-refractivity contribution is 0.508. The summed E-state index contributed by atoms with van der Waals surface area (Å²) in [5.74, 6) is 0. The highest BCUT2D eigenvalue weighted by Gasteiger charge is 1.99.